The van der Waals surface area contributed by atoms with Gasteiger partial charge in [-0.3, -0.25) is 4.79 Å². The Balaban J connectivity index is 2.85. The fraction of sp³-hybridized carbons (Fsp3) is 0.417. The molecule has 0 aliphatic heterocycles. The first-order valence-electron chi connectivity index (χ1n) is 5.44. The molecule has 0 heterocycles. The molecule has 0 atom stereocenters. The zero-order chi connectivity index (χ0) is 12.8. The highest BCUT2D eigenvalue weighted by molar-refractivity contribution is 5.94. The molecule has 1 rings (SSSR count). The van der Waals surface area contributed by atoms with Gasteiger partial charge in [0.05, 0.1) is 0 Å². The third-order valence-corrected chi connectivity index (χ3v) is 2.36. The van der Waals surface area contributed by atoms with Gasteiger partial charge < -0.3 is 10.0 Å². The number of carbonyl (C=O) groups is 1. The maximum Gasteiger partial charge on any atom is 0.254 e. The van der Waals surface area contributed by atoms with Crippen molar-refractivity contribution in [1.29, 1.82) is 0 Å². The summed E-state index contributed by atoms with van der Waals surface area (Å²) in [4.78, 5) is 13.3. The van der Waals surface area contributed by atoms with E-state index in [9.17, 15) is 13.6 Å². The van der Waals surface area contributed by atoms with Crippen molar-refractivity contribution in [1.82, 2.24) is 4.90 Å². The van der Waals surface area contributed by atoms with E-state index in [1.54, 1.807) is 6.92 Å². The summed E-state index contributed by atoms with van der Waals surface area (Å²) in [6.45, 7) is 2.53. The van der Waals surface area contributed by atoms with E-state index in [1.165, 1.54) is 4.90 Å². The van der Waals surface area contributed by atoms with Gasteiger partial charge in [0.2, 0.25) is 0 Å². The third kappa shape index (κ3) is 3.78. The van der Waals surface area contributed by atoms with Gasteiger partial charge in [-0.25, -0.2) is 8.78 Å². The van der Waals surface area contributed by atoms with Crippen molar-refractivity contribution in [3.63, 3.8) is 0 Å². The Hall–Kier alpha value is -1.49. The lowest BCUT2D eigenvalue weighted by molar-refractivity contribution is 0.0753. The van der Waals surface area contributed by atoms with Gasteiger partial charge in [-0.2, -0.15) is 0 Å². The number of aliphatic hydroxyl groups excluding tert-OH is 1. The standard InChI is InChI=1S/C12H15F2NO2/c1-2-15(4-3-5-16)12(17)9-6-10(13)8-11(14)7-9/h6-8,16H,2-5H2,1H3. The number of hydrogen-bond donors (Lipinski definition) is 1. The van der Waals surface area contributed by atoms with Crippen LogP contribution < -0.4 is 0 Å². The molecule has 0 unspecified atom stereocenters. The predicted molar refractivity (Wildman–Crippen MR) is 59.6 cm³/mol. The molecular weight excluding hydrogens is 228 g/mol. The van der Waals surface area contributed by atoms with Crippen LogP contribution in [0.3, 0.4) is 0 Å². The number of carbonyl (C=O) groups excluding carboxylic acids is 1. The molecule has 0 aromatic heterocycles. The Morgan fingerprint density at radius 1 is 1.29 bits per heavy atom. The zero-order valence-electron chi connectivity index (χ0n) is 9.62. The second kappa shape index (κ2) is 6.30. The molecule has 0 saturated heterocycles. The molecule has 5 heteroatoms. The summed E-state index contributed by atoms with van der Waals surface area (Å²) in [6, 6.07) is 2.74. The molecule has 94 valence electrons. The van der Waals surface area contributed by atoms with Crippen LogP contribution in [0, 0.1) is 11.6 Å². The van der Waals surface area contributed by atoms with Gasteiger partial charge in [0.1, 0.15) is 11.6 Å². The van der Waals surface area contributed by atoms with Crippen molar-refractivity contribution < 1.29 is 18.7 Å². The van der Waals surface area contributed by atoms with Crippen molar-refractivity contribution in [3.05, 3.63) is 35.4 Å². The molecule has 1 aromatic rings. The smallest absolute Gasteiger partial charge is 0.254 e. The van der Waals surface area contributed by atoms with Gasteiger partial charge in [0.25, 0.3) is 5.91 Å². The van der Waals surface area contributed by atoms with Gasteiger partial charge in [0.15, 0.2) is 0 Å². The Morgan fingerprint density at radius 2 is 1.88 bits per heavy atom. The van der Waals surface area contributed by atoms with Gasteiger partial charge in [-0.05, 0) is 25.5 Å². The monoisotopic (exact) mass is 243 g/mol. The van der Waals surface area contributed by atoms with Crippen LogP contribution in [0.15, 0.2) is 18.2 Å². The van der Waals surface area contributed by atoms with Gasteiger partial charge in [0, 0.05) is 31.3 Å². The van der Waals surface area contributed by atoms with E-state index < -0.39 is 17.5 Å². The minimum absolute atomic E-state index is 0.0118. The van der Waals surface area contributed by atoms with E-state index in [2.05, 4.69) is 0 Å². The summed E-state index contributed by atoms with van der Waals surface area (Å²) >= 11 is 0. The van der Waals surface area contributed by atoms with Crippen LogP contribution in [0.25, 0.3) is 0 Å². The van der Waals surface area contributed by atoms with Crippen LogP contribution >= 0.6 is 0 Å². The van der Waals surface area contributed by atoms with E-state index in [1.807, 2.05) is 0 Å². The van der Waals surface area contributed by atoms with Crippen LogP contribution in [0.2, 0.25) is 0 Å². The number of rotatable bonds is 5. The summed E-state index contributed by atoms with van der Waals surface area (Å²) in [5.41, 5.74) is -0.0118. The zero-order valence-corrected chi connectivity index (χ0v) is 9.62. The van der Waals surface area contributed by atoms with Crippen molar-refractivity contribution in [2.24, 2.45) is 0 Å². The van der Waals surface area contributed by atoms with Gasteiger partial charge in [-0.1, -0.05) is 0 Å². The molecule has 0 bridgehead atoms. The van der Waals surface area contributed by atoms with E-state index in [0.29, 0.717) is 19.5 Å². The van der Waals surface area contributed by atoms with E-state index >= 15 is 0 Å². The predicted octanol–water partition coefficient (Wildman–Crippen LogP) is 1.81. The van der Waals surface area contributed by atoms with E-state index in [-0.39, 0.29) is 12.2 Å². The Bertz CT molecular complexity index is 376. The summed E-state index contributed by atoms with van der Waals surface area (Å²) in [5, 5.41) is 8.69. The van der Waals surface area contributed by atoms with Crippen molar-refractivity contribution >= 4 is 5.91 Å². The lowest BCUT2D eigenvalue weighted by Crippen LogP contribution is -2.32. The SMILES string of the molecule is CCN(CCCO)C(=O)c1cc(F)cc(F)c1. The minimum Gasteiger partial charge on any atom is -0.396 e. The van der Waals surface area contributed by atoms with E-state index in [4.69, 9.17) is 5.11 Å². The van der Waals surface area contributed by atoms with Crippen LogP contribution in [0.1, 0.15) is 23.7 Å². The molecule has 0 saturated carbocycles. The molecule has 0 spiro atoms. The highest BCUT2D eigenvalue weighted by atomic mass is 19.1. The molecule has 0 aliphatic carbocycles. The number of benzene rings is 1. The Kier molecular flexibility index (Phi) is 5.03. The van der Waals surface area contributed by atoms with Crippen LogP contribution in [0.4, 0.5) is 8.78 Å². The fourth-order valence-corrected chi connectivity index (χ4v) is 1.52. The highest BCUT2D eigenvalue weighted by Crippen LogP contribution is 2.11. The molecule has 0 radical (unpaired) electrons. The summed E-state index contributed by atoms with van der Waals surface area (Å²) < 4.78 is 25.9. The van der Waals surface area contributed by atoms with Crippen LogP contribution in [-0.4, -0.2) is 35.6 Å². The van der Waals surface area contributed by atoms with Crippen molar-refractivity contribution in [3.8, 4) is 0 Å². The average molecular weight is 243 g/mol. The molecule has 1 amide bonds. The molecule has 1 N–H and O–H groups in total. The lowest BCUT2D eigenvalue weighted by atomic mass is 10.2. The second-order valence-electron chi connectivity index (χ2n) is 3.62. The summed E-state index contributed by atoms with van der Waals surface area (Å²) in [6.07, 6.45) is 0.442. The maximum atomic E-state index is 13.0. The molecule has 3 nitrogen and oxygen atoms in total. The first kappa shape index (κ1) is 13.6. The molecule has 17 heavy (non-hydrogen) atoms. The first-order chi connectivity index (χ1) is 8.08. The largest absolute Gasteiger partial charge is 0.396 e. The van der Waals surface area contributed by atoms with Gasteiger partial charge >= 0.3 is 0 Å². The van der Waals surface area contributed by atoms with Crippen molar-refractivity contribution in [2.75, 3.05) is 19.7 Å². The molecule has 1 aromatic carbocycles. The topological polar surface area (TPSA) is 40.5 Å². The molecule has 0 fully saturated rings. The number of amides is 1. The normalized spacial score (nSPS) is 10.4. The Morgan fingerprint density at radius 3 is 2.35 bits per heavy atom. The molecular formula is C12H15F2NO2. The summed E-state index contributed by atoms with van der Waals surface area (Å²) in [5.74, 6) is -1.97. The fourth-order valence-electron chi connectivity index (χ4n) is 1.52. The first-order valence-corrected chi connectivity index (χ1v) is 5.44. The third-order valence-electron chi connectivity index (χ3n) is 2.36. The number of hydrogen-bond acceptors (Lipinski definition) is 2. The lowest BCUT2D eigenvalue weighted by Gasteiger charge is -2.20. The number of nitrogens with zero attached hydrogens (tertiary/aromatic N) is 1. The second-order valence-corrected chi connectivity index (χ2v) is 3.62. The average Bonchev–Trinajstić information content (AvgIpc) is 2.28. The van der Waals surface area contributed by atoms with Crippen LogP contribution in [0.5, 0.6) is 0 Å². The maximum absolute atomic E-state index is 13.0. The Labute approximate surface area is 98.7 Å². The van der Waals surface area contributed by atoms with E-state index in [0.717, 1.165) is 18.2 Å². The minimum atomic E-state index is -0.772. The molecule has 0 aliphatic rings. The quantitative estimate of drug-likeness (QED) is 0.856. The van der Waals surface area contributed by atoms with Crippen molar-refractivity contribution in [2.45, 2.75) is 13.3 Å². The highest BCUT2D eigenvalue weighted by Gasteiger charge is 2.15. The van der Waals surface area contributed by atoms with Gasteiger partial charge in [-0.15, -0.1) is 0 Å². The number of aliphatic hydroxyl groups is 1. The number of halogens is 2. The summed E-state index contributed by atoms with van der Waals surface area (Å²) in [7, 11) is 0. The van der Waals surface area contributed by atoms with Crippen LogP contribution in [-0.2, 0) is 0 Å².